The Hall–Kier alpha value is -1.62. The van der Waals surface area contributed by atoms with E-state index in [1.165, 1.54) is 11.1 Å². The molecule has 0 spiro atoms. The van der Waals surface area contributed by atoms with Crippen LogP contribution in [0, 0.1) is 0 Å². The second kappa shape index (κ2) is 9.36. The van der Waals surface area contributed by atoms with Gasteiger partial charge in [0.25, 0.3) is 0 Å². The zero-order chi connectivity index (χ0) is 18.4. The van der Waals surface area contributed by atoms with E-state index >= 15 is 0 Å². The van der Waals surface area contributed by atoms with Crippen LogP contribution in [0.25, 0.3) is 0 Å². The fraction of sp³-hybridized carbons (Fsp3) is 0.182. The van der Waals surface area contributed by atoms with Gasteiger partial charge in [0.05, 0.1) is 8.95 Å². The van der Waals surface area contributed by atoms with Crippen molar-refractivity contribution in [1.82, 2.24) is 5.32 Å². The molecule has 4 heteroatoms. The summed E-state index contributed by atoms with van der Waals surface area (Å²) in [6, 6.07) is 25.1. The Morgan fingerprint density at radius 1 is 0.846 bits per heavy atom. The molecule has 0 saturated carbocycles. The third-order valence-electron chi connectivity index (χ3n) is 4.20. The van der Waals surface area contributed by atoms with E-state index in [1.807, 2.05) is 24.3 Å². The van der Waals surface area contributed by atoms with Gasteiger partial charge in [-0.25, -0.2) is 0 Å². The van der Waals surface area contributed by atoms with Gasteiger partial charge in [0.2, 0.25) is 0 Å². The average molecular weight is 475 g/mol. The Labute approximate surface area is 171 Å². The summed E-state index contributed by atoms with van der Waals surface area (Å²) in [5, 5.41) is 3.56. The third kappa shape index (κ3) is 5.19. The maximum atomic E-state index is 5.99. The molecule has 0 bridgehead atoms. The number of halogens is 2. The van der Waals surface area contributed by atoms with Crippen LogP contribution in [-0.2, 0) is 13.2 Å². The monoisotopic (exact) mass is 473 g/mol. The highest BCUT2D eigenvalue weighted by atomic mass is 79.9. The van der Waals surface area contributed by atoms with Crippen LogP contribution in [0.2, 0.25) is 0 Å². The molecule has 0 aliphatic heterocycles. The Bertz CT molecular complexity index is 814. The van der Waals surface area contributed by atoms with Crippen LogP contribution in [0.3, 0.4) is 0 Å². The average Bonchev–Trinajstić information content (AvgIpc) is 2.67. The minimum absolute atomic E-state index is 0.294. The van der Waals surface area contributed by atoms with Gasteiger partial charge in [0.1, 0.15) is 12.4 Å². The maximum absolute atomic E-state index is 5.99. The zero-order valence-corrected chi connectivity index (χ0v) is 17.8. The van der Waals surface area contributed by atoms with Crippen LogP contribution in [0.5, 0.6) is 5.75 Å². The zero-order valence-electron chi connectivity index (χ0n) is 14.6. The Balaban J connectivity index is 1.63. The molecular weight excluding hydrogens is 454 g/mol. The Kier molecular flexibility index (Phi) is 6.89. The van der Waals surface area contributed by atoms with Crippen LogP contribution in [0.1, 0.15) is 29.7 Å². The summed E-state index contributed by atoms with van der Waals surface area (Å²) in [6.07, 6.45) is 0. The molecule has 3 aromatic carbocycles. The molecule has 134 valence electrons. The Morgan fingerprint density at radius 2 is 1.42 bits per heavy atom. The van der Waals surface area contributed by atoms with Gasteiger partial charge in [0, 0.05) is 12.6 Å². The van der Waals surface area contributed by atoms with Gasteiger partial charge in [0.15, 0.2) is 0 Å². The number of rotatable bonds is 7. The minimum Gasteiger partial charge on any atom is -0.487 e. The van der Waals surface area contributed by atoms with E-state index in [1.54, 1.807) is 0 Å². The molecular formula is C22H21Br2NO. The fourth-order valence-corrected chi connectivity index (χ4v) is 4.22. The number of hydrogen-bond acceptors (Lipinski definition) is 2. The second-order valence-corrected chi connectivity index (χ2v) is 7.88. The molecule has 1 N–H and O–H groups in total. The van der Waals surface area contributed by atoms with Crippen molar-refractivity contribution in [1.29, 1.82) is 0 Å². The molecule has 3 aromatic rings. The first-order valence-corrected chi connectivity index (χ1v) is 10.1. The van der Waals surface area contributed by atoms with Crippen molar-refractivity contribution >= 4 is 31.9 Å². The largest absolute Gasteiger partial charge is 0.487 e. The first-order chi connectivity index (χ1) is 12.6. The number of hydrogen-bond donors (Lipinski definition) is 1. The number of nitrogens with one attached hydrogen (secondary N) is 1. The normalized spacial score (nSPS) is 12.0. The van der Waals surface area contributed by atoms with Gasteiger partial charge in [-0.3, -0.25) is 0 Å². The second-order valence-electron chi connectivity index (χ2n) is 6.18. The van der Waals surface area contributed by atoms with Crippen LogP contribution in [-0.4, -0.2) is 0 Å². The van der Waals surface area contributed by atoms with Gasteiger partial charge in [-0.05, 0) is 67.6 Å². The molecule has 0 amide bonds. The molecule has 26 heavy (non-hydrogen) atoms. The van der Waals surface area contributed by atoms with E-state index in [2.05, 4.69) is 92.6 Å². The van der Waals surface area contributed by atoms with E-state index in [0.717, 1.165) is 26.8 Å². The summed E-state index contributed by atoms with van der Waals surface area (Å²) in [5.74, 6) is 0.828. The minimum atomic E-state index is 0.294. The quantitative estimate of drug-likeness (QED) is 0.414. The molecule has 0 fully saturated rings. The molecule has 1 atom stereocenters. The molecule has 0 aliphatic rings. The standard InChI is InChI=1S/C22H21Br2NO/c1-16(19-10-6-3-7-11-19)25-14-18-12-20(23)22(21(24)13-18)26-15-17-8-4-2-5-9-17/h2-13,16,25H,14-15H2,1H3. The number of ether oxygens (including phenoxy) is 1. The molecule has 0 saturated heterocycles. The van der Waals surface area contributed by atoms with Crippen LogP contribution < -0.4 is 10.1 Å². The van der Waals surface area contributed by atoms with Gasteiger partial charge in [-0.1, -0.05) is 60.7 Å². The van der Waals surface area contributed by atoms with Gasteiger partial charge in [-0.15, -0.1) is 0 Å². The topological polar surface area (TPSA) is 21.3 Å². The summed E-state index contributed by atoms with van der Waals surface area (Å²) in [4.78, 5) is 0. The summed E-state index contributed by atoms with van der Waals surface area (Å²) >= 11 is 7.28. The van der Waals surface area contributed by atoms with Crippen molar-refractivity contribution in [2.75, 3.05) is 0 Å². The van der Waals surface area contributed by atoms with Crippen LogP contribution in [0.4, 0.5) is 0 Å². The van der Waals surface area contributed by atoms with E-state index in [9.17, 15) is 0 Å². The first-order valence-electron chi connectivity index (χ1n) is 8.56. The van der Waals surface area contributed by atoms with Crippen LogP contribution >= 0.6 is 31.9 Å². The van der Waals surface area contributed by atoms with Crippen molar-refractivity contribution in [2.24, 2.45) is 0 Å². The summed E-state index contributed by atoms with van der Waals surface area (Å²) in [6.45, 7) is 3.50. The SMILES string of the molecule is CC(NCc1cc(Br)c(OCc2ccccc2)c(Br)c1)c1ccccc1. The summed E-state index contributed by atoms with van der Waals surface area (Å²) < 4.78 is 7.89. The van der Waals surface area contributed by atoms with Gasteiger partial charge < -0.3 is 10.1 Å². The predicted molar refractivity (Wildman–Crippen MR) is 114 cm³/mol. The van der Waals surface area contributed by atoms with E-state index in [-0.39, 0.29) is 0 Å². The molecule has 0 aromatic heterocycles. The highest BCUT2D eigenvalue weighted by Crippen LogP contribution is 2.35. The molecule has 0 aliphatic carbocycles. The first kappa shape index (κ1) is 19.2. The highest BCUT2D eigenvalue weighted by Gasteiger charge is 2.11. The number of benzene rings is 3. The lowest BCUT2D eigenvalue weighted by atomic mass is 10.1. The lowest BCUT2D eigenvalue weighted by Gasteiger charge is -2.16. The van der Waals surface area contributed by atoms with Crippen molar-refractivity contribution in [2.45, 2.75) is 26.1 Å². The maximum Gasteiger partial charge on any atom is 0.148 e. The van der Waals surface area contributed by atoms with Gasteiger partial charge in [-0.2, -0.15) is 0 Å². The lowest BCUT2D eigenvalue weighted by molar-refractivity contribution is 0.302. The summed E-state index contributed by atoms with van der Waals surface area (Å²) in [5.41, 5.74) is 3.63. The summed E-state index contributed by atoms with van der Waals surface area (Å²) in [7, 11) is 0. The molecule has 0 radical (unpaired) electrons. The molecule has 2 nitrogen and oxygen atoms in total. The third-order valence-corrected chi connectivity index (χ3v) is 5.37. The van der Waals surface area contributed by atoms with E-state index in [4.69, 9.17) is 4.74 Å². The molecule has 1 unspecified atom stereocenters. The molecule has 3 rings (SSSR count). The van der Waals surface area contributed by atoms with Crippen LogP contribution in [0.15, 0.2) is 81.7 Å². The highest BCUT2D eigenvalue weighted by molar-refractivity contribution is 9.11. The molecule has 0 heterocycles. The smallest absolute Gasteiger partial charge is 0.148 e. The van der Waals surface area contributed by atoms with Crippen molar-refractivity contribution in [3.8, 4) is 5.75 Å². The van der Waals surface area contributed by atoms with E-state index in [0.29, 0.717) is 12.6 Å². The van der Waals surface area contributed by atoms with Crippen molar-refractivity contribution in [3.05, 3.63) is 98.4 Å². The predicted octanol–water partition coefficient (Wildman–Crippen LogP) is 6.64. The Morgan fingerprint density at radius 3 is 2.04 bits per heavy atom. The van der Waals surface area contributed by atoms with E-state index < -0.39 is 0 Å². The van der Waals surface area contributed by atoms with Crippen molar-refractivity contribution < 1.29 is 4.74 Å². The lowest BCUT2D eigenvalue weighted by Crippen LogP contribution is -2.18. The fourth-order valence-electron chi connectivity index (χ4n) is 2.71. The van der Waals surface area contributed by atoms with Crippen molar-refractivity contribution in [3.63, 3.8) is 0 Å². The van der Waals surface area contributed by atoms with Gasteiger partial charge >= 0.3 is 0 Å².